The molecule has 6 rings (SSSR count). The van der Waals surface area contributed by atoms with E-state index in [9.17, 15) is 14.4 Å². The highest BCUT2D eigenvalue weighted by Crippen LogP contribution is 2.61. The zero-order chi connectivity index (χ0) is 16.6. The first kappa shape index (κ1) is 14.2. The van der Waals surface area contributed by atoms with Crippen molar-refractivity contribution in [1.82, 2.24) is 10.2 Å². The molecule has 0 aromatic heterocycles. The van der Waals surface area contributed by atoms with Crippen LogP contribution in [0.5, 0.6) is 0 Å². The van der Waals surface area contributed by atoms with E-state index in [0.29, 0.717) is 28.9 Å². The number of amides is 3. The molecule has 4 aliphatic carbocycles. The Morgan fingerprint density at radius 2 is 1.71 bits per heavy atom. The van der Waals surface area contributed by atoms with E-state index >= 15 is 0 Å². The SMILES string of the molecule is CC(=O)N[C@@]12CC3CC(C1)[C@H](N1C(=O)c4ccccc4C1=O)C3C2. The summed E-state index contributed by atoms with van der Waals surface area (Å²) in [4.78, 5) is 38.8. The summed E-state index contributed by atoms with van der Waals surface area (Å²) < 4.78 is 0. The number of imide groups is 1. The van der Waals surface area contributed by atoms with Crippen LogP contribution in [0.1, 0.15) is 53.3 Å². The van der Waals surface area contributed by atoms with Crippen LogP contribution in [0.15, 0.2) is 24.3 Å². The number of nitrogens with zero attached hydrogens (tertiary/aromatic N) is 1. The molecule has 3 unspecified atom stereocenters. The van der Waals surface area contributed by atoms with Gasteiger partial charge in [0.15, 0.2) is 0 Å². The Labute approximate surface area is 140 Å². The van der Waals surface area contributed by atoms with Crippen LogP contribution in [0, 0.1) is 17.8 Å². The zero-order valence-electron chi connectivity index (χ0n) is 13.6. The number of rotatable bonds is 2. The number of carbonyl (C=O) groups is 3. The highest BCUT2D eigenvalue weighted by atomic mass is 16.2. The van der Waals surface area contributed by atoms with Gasteiger partial charge in [-0.3, -0.25) is 19.3 Å². The van der Waals surface area contributed by atoms with Crippen molar-refractivity contribution in [1.29, 1.82) is 0 Å². The Bertz CT molecular complexity index is 750. The first-order chi connectivity index (χ1) is 11.5. The molecule has 4 fully saturated rings. The summed E-state index contributed by atoms with van der Waals surface area (Å²) in [6.45, 7) is 1.57. The second kappa shape index (κ2) is 4.47. The number of nitrogens with one attached hydrogen (secondary N) is 1. The third-order valence-electron chi connectivity index (χ3n) is 6.63. The molecule has 24 heavy (non-hydrogen) atoms. The molecule has 1 N–H and O–H groups in total. The first-order valence-corrected chi connectivity index (χ1v) is 8.75. The molecule has 5 nitrogen and oxygen atoms in total. The number of carbonyl (C=O) groups excluding carboxylic acids is 3. The normalized spacial score (nSPS) is 38.8. The van der Waals surface area contributed by atoms with Crippen LogP contribution in [-0.4, -0.2) is 34.2 Å². The molecule has 1 heterocycles. The van der Waals surface area contributed by atoms with Crippen molar-refractivity contribution >= 4 is 17.7 Å². The van der Waals surface area contributed by atoms with Crippen molar-refractivity contribution in [3.05, 3.63) is 35.4 Å². The summed E-state index contributed by atoms with van der Waals surface area (Å²) in [6.07, 6.45) is 3.85. The molecular formula is C19H20N2O3. The number of hydrogen-bond acceptors (Lipinski definition) is 3. The monoisotopic (exact) mass is 324 g/mol. The molecule has 5 atom stereocenters. The van der Waals surface area contributed by atoms with E-state index in [4.69, 9.17) is 0 Å². The lowest BCUT2D eigenvalue weighted by Gasteiger charge is -2.44. The molecule has 3 amide bonds. The predicted molar refractivity (Wildman–Crippen MR) is 86.2 cm³/mol. The van der Waals surface area contributed by atoms with E-state index in [1.165, 1.54) is 0 Å². The first-order valence-electron chi connectivity index (χ1n) is 8.75. The minimum atomic E-state index is -0.134. The number of benzene rings is 1. The van der Waals surface area contributed by atoms with Crippen LogP contribution < -0.4 is 5.32 Å². The van der Waals surface area contributed by atoms with E-state index in [0.717, 1.165) is 25.7 Å². The van der Waals surface area contributed by atoms with Gasteiger partial charge in [0.05, 0.1) is 11.1 Å². The number of fused-ring (bicyclic) bond motifs is 1. The van der Waals surface area contributed by atoms with Crippen molar-refractivity contribution in [2.75, 3.05) is 0 Å². The van der Waals surface area contributed by atoms with Crippen molar-refractivity contribution in [3.8, 4) is 0 Å². The highest BCUT2D eigenvalue weighted by Gasteiger charge is 2.64. The maximum Gasteiger partial charge on any atom is 0.261 e. The Kier molecular flexibility index (Phi) is 2.64. The number of hydrogen-bond donors (Lipinski definition) is 1. The van der Waals surface area contributed by atoms with Crippen molar-refractivity contribution < 1.29 is 14.4 Å². The van der Waals surface area contributed by atoms with Gasteiger partial charge in [-0.25, -0.2) is 0 Å². The fourth-order valence-electron chi connectivity index (χ4n) is 6.17. The van der Waals surface area contributed by atoms with Crippen LogP contribution in [0.3, 0.4) is 0 Å². The van der Waals surface area contributed by atoms with Crippen LogP contribution in [0.2, 0.25) is 0 Å². The van der Waals surface area contributed by atoms with E-state index in [2.05, 4.69) is 5.32 Å². The fourth-order valence-corrected chi connectivity index (χ4v) is 6.17. The van der Waals surface area contributed by atoms with Crippen LogP contribution in [0.25, 0.3) is 0 Å². The van der Waals surface area contributed by atoms with Crippen LogP contribution in [0.4, 0.5) is 0 Å². The Morgan fingerprint density at radius 3 is 2.29 bits per heavy atom. The largest absolute Gasteiger partial charge is 0.351 e. The minimum Gasteiger partial charge on any atom is -0.351 e. The lowest BCUT2D eigenvalue weighted by molar-refractivity contribution is -0.121. The maximum atomic E-state index is 12.8. The van der Waals surface area contributed by atoms with Gasteiger partial charge in [-0.15, -0.1) is 0 Å². The molecule has 1 aliphatic heterocycles. The van der Waals surface area contributed by atoms with Gasteiger partial charge in [-0.2, -0.15) is 0 Å². The summed E-state index contributed by atoms with van der Waals surface area (Å²) in [6, 6.07) is 7.13. The molecule has 5 heteroatoms. The smallest absolute Gasteiger partial charge is 0.261 e. The van der Waals surface area contributed by atoms with Gasteiger partial charge in [-0.05, 0) is 55.6 Å². The quantitative estimate of drug-likeness (QED) is 0.846. The van der Waals surface area contributed by atoms with Crippen LogP contribution in [-0.2, 0) is 4.79 Å². The van der Waals surface area contributed by atoms with Crippen molar-refractivity contribution in [2.45, 2.75) is 44.2 Å². The van der Waals surface area contributed by atoms with Gasteiger partial charge in [-0.1, -0.05) is 12.1 Å². The van der Waals surface area contributed by atoms with Crippen molar-refractivity contribution in [3.63, 3.8) is 0 Å². The molecule has 1 aromatic rings. The second-order valence-electron chi connectivity index (χ2n) is 8.01. The van der Waals surface area contributed by atoms with Crippen molar-refractivity contribution in [2.24, 2.45) is 17.8 Å². The van der Waals surface area contributed by atoms with Gasteiger partial charge < -0.3 is 5.32 Å². The standard InChI is InChI=1S/C19H20N2O3/c1-10(22)20-19-7-11-6-12(8-19)16(15(11)9-19)21-17(23)13-4-2-3-5-14(13)18(21)24/h2-5,11-12,15-16H,6-9H2,1H3,(H,20,22)/t11?,12?,15?,16-,19-/m0/s1. The van der Waals surface area contributed by atoms with Gasteiger partial charge >= 0.3 is 0 Å². The topological polar surface area (TPSA) is 66.5 Å². The molecular weight excluding hydrogens is 304 g/mol. The molecule has 4 saturated carbocycles. The summed E-state index contributed by atoms with van der Waals surface area (Å²) in [7, 11) is 0. The van der Waals surface area contributed by atoms with Gasteiger partial charge in [0.2, 0.25) is 5.91 Å². The van der Waals surface area contributed by atoms with E-state index in [-0.39, 0.29) is 29.3 Å². The second-order valence-corrected chi connectivity index (χ2v) is 8.01. The van der Waals surface area contributed by atoms with Gasteiger partial charge in [0.1, 0.15) is 0 Å². The van der Waals surface area contributed by atoms with Gasteiger partial charge in [0, 0.05) is 18.5 Å². The molecule has 5 aliphatic rings. The lowest BCUT2D eigenvalue weighted by Crippen LogP contribution is -2.56. The third-order valence-corrected chi connectivity index (χ3v) is 6.63. The Balaban J connectivity index is 1.48. The molecule has 4 bridgehead atoms. The predicted octanol–water partition coefficient (Wildman–Crippen LogP) is 1.98. The maximum absolute atomic E-state index is 12.8. The Hall–Kier alpha value is -2.17. The third kappa shape index (κ3) is 1.67. The summed E-state index contributed by atoms with van der Waals surface area (Å²) >= 11 is 0. The molecule has 1 aromatic carbocycles. The molecule has 0 radical (unpaired) electrons. The van der Waals surface area contributed by atoms with Gasteiger partial charge in [0.25, 0.3) is 11.8 Å². The van der Waals surface area contributed by atoms with E-state index < -0.39 is 0 Å². The molecule has 0 spiro atoms. The van der Waals surface area contributed by atoms with Crippen LogP contribution >= 0.6 is 0 Å². The van der Waals surface area contributed by atoms with E-state index in [1.54, 1.807) is 24.0 Å². The zero-order valence-corrected chi connectivity index (χ0v) is 13.6. The van der Waals surface area contributed by atoms with E-state index in [1.807, 2.05) is 12.1 Å². The highest BCUT2D eigenvalue weighted by molar-refractivity contribution is 6.21. The summed E-state index contributed by atoms with van der Waals surface area (Å²) in [5.41, 5.74) is 0.979. The fraction of sp³-hybridized carbons (Fsp3) is 0.526. The Morgan fingerprint density at radius 1 is 1.08 bits per heavy atom. The lowest BCUT2D eigenvalue weighted by atomic mass is 9.73. The summed E-state index contributed by atoms with van der Waals surface area (Å²) in [5.74, 6) is 0.920. The molecule has 0 saturated heterocycles. The average molecular weight is 324 g/mol. The summed E-state index contributed by atoms with van der Waals surface area (Å²) in [5, 5.41) is 3.17. The minimum absolute atomic E-state index is 0.00628. The molecule has 124 valence electrons. The average Bonchev–Trinajstić information content (AvgIpc) is 3.03.